The van der Waals surface area contributed by atoms with Crippen LogP contribution in [0, 0.1) is 0 Å². The van der Waals surface area contributed by atoms with Gasteiger partial charge in [0.15, 0.2) is 0 Å². The average Bonchev–Trinajstić information content (AvgIpc) is 2.22. The summed E-state index contributed by atoms with van der Waals surface area (Å²) in [6.45, 7) is 0. The summed E-state index contributed by atoms with van der Waals surface area (Å²) in [5.74, 6) is -1.15. The fourth-order valence-electron chi connectivity index (χ4n) is 0.786. The van der Waals surface area contributed by atoms with Gasteiger partial charge in [0.25, 0.3) is 6.29 Å². The Bertz CT molecular complexity index is 207. The van der Waals surface area contributed by atoms with Gasteiger partial charge in [-0.1, -0.05) is 0 Å². The molecule has 2 heterocycles. The van der Waals surface area contributed by atoms with Crippen molar-refractivity contribution in [3.63, 3.8) is 0 Å². The number of esters is 2. The van der Waals surface area contributed by atoms with Gasteiger partial charge in [-0.15, -0.1) is 0 Å². The highest BCUT2D eigenvalue weighted by molar-refractivity contribution is 6.17. The van der Waals surface area contributed by atoms with E-state index in [9.17, 15) is 9.59 Å². The van der Waals surface area contributed by atoms with Crippen LogP contribution in [-0.2, 0) is 19.1 Å². The highest BCUT2D eigenvalue weighted by Crippen LogP contribution is 2.23. The first-order valence-electron chi connectivity index (χ1n) is 2.41. The third-order valence-electron chi connectivity index (χ3n) is 1.19. The predicted octanol–water partition coefficient (Wildman–Crippen LogP) is -0.647. The van der Waals surface area contributed by atoms with Crippen molar-refractivity contribution in [3.05, 3.63) is 11.6 Å². The Morgan fingerprint density at radius 3 is 2.00 bits per heavy atom. The lowest BCUT2D eigenvalue weighted by Gasteiger charge is -2.09. The van der Waals surface area contributed by atoms with Crippen LogP contribution in [0.1, 0.15) is 0 Å². The lowest BCUT2D eigenvalue weighted by atomic mass is 10.3. The molecule has 0 spiro atoms. The first-order chi connectivity index (χ1) is 4.27. The Hall–Kier alpha value is -1.32. The summed E-state index contributed by atoms with van der Waals surface area (Å²) in [5, 5.41) is 0. The molecule has 0 aromatic heterocycles. The number of rotatable bonds is 0. The van der Waals surface area contributed by atoms with Crippen molar-refractivity contribution in [1.29, 1.82) is 0 Å². The van der Waals surface area contributed by atoms with Crippen LogP contribution >= 0.6 is 0 Å². The van der Waals surface area contributed by atoms with E-state index >= 15 is 0 Å². The van der Waals surface area contributed by atoms with E-state index in [-0.39, 0.29) is 5.57 Å². The van der Waals surface area contributed by atoms with Crippen LogP contribution in [0.25, 0.3) is 0 Å². The molecule has 2 rings (SSSR count). The van der Waals surface area contributed by atoms with E-state index in [0.29, 0.717) is 0 Å². The number of fused-ring (bicyclic) bond motifs is 1. The second kappa shape index (κ2) is 1.15. The SMILES string of the molecule is O=C1OC2C=C1C(=O)O2. The lowest BCUT2D eigenvalue weighted by molar-refractivity contribution is -0.177. The summed E-state index contributed by atoms with van der Waals surface area (Å²) in [7, 11) is 0. The average molecular weight is 126 g/mol. The van der Waals surface area contributed by atoms with E-state index in [1.165, 1.54) is 6.08 Å². The zero-order chi connectivity index (χ0) is 6.43. The van der Waals surface area contributed by atoms with Gasteiger partial charge in [-0.2, -0.15) is 0 Å². The third kappa shape index (κ3) is 0.419. The van der Waals surface area contributed by atoms with Gasteiger partial charge in [0.1, 0.15) is 5.57 Å². The van der Waals surface area contributed by atoms with Crippen molar-refractivity contribution in [1.82, 2.24) is 0 Å². The summed E-state index contributed by atoms with van der Waals surface area (Å²) in [6, 6.07) is 0. The smallest absolute Gasteiger partial charge is 0.348 e. The minimum absolute atomic E-state index is 0.0278. The Kier molecular flexibility index (Phi) is 0.582. The fourth-order valence-corrected chi connectivity index (χ4v) is 0.786. The van der Waals surface area contributed by atoms with Crippen LogP contribution in [0.4, 0.5) is 0 Å². The molecule has 0 saturated carbocycles. The Morgan fingerprint density at radius 1 is 1.22 bits per heavy atom. The minimum Gasteiger partial charge on any atom is -0.417 e. The molecule has 0 aromatic rings. The van der Waals surface area contributed by atoms with E-state index in [1.807, 2.05) is 0 Å². The second-order valence-electron chi connectivity index (χ2n) is 1.76. The molecule has 0 fully saturated rings. The number of hydrogen-bond acceptors (Lipinski definition) is 4. The first-order valence-corrected chi connectivity index (χ1v) is 2.41. The van der Waals surface area contributed by atoms with Crippen LogP contribution in [0.15, 0.2) is 11.6 Å². The van der Waals surface area contributed by atoms with Gasteiger partial charge in [0.05, 0.1) is 0 Å². The van der Waals surface area contributed by atoms with Gasteiger partial charge in [0, 0.05) is 6.08 Å². The summed E-state index contributed by atoms with van der Waals surface area (Å²) in [4.78, 5) is 20.9. The molecule has 0 aliphatic carbocycles. The molecule has 4 nitrogen and oxygen atoms in total. The molecule has 0 amide bonds. The molecule has 9 heavy (non-hydrogen) atoms. The maximum Gasteiger partial charge on any atom is 0.348 e. The maximum atomic E-state index is 10.5. The molecule has 4 heteroatoms. The first kappa shape index (κ1) is 4.55. The normalized spacial score (nSPS) is 23.8. The highest BCUT2D eigenvalue weighted by Gasteiger charge is 2.40. The molecule has 0 unspecified atom stereocenters. The molecule has 46 valence electrons. The van der Waals surface area contributed by atoms with Crippen molar-refractivity contribution < 1.29 is 19.1 Å². The van der Waals surface area contributed by atoms with Crippen LogP contribution in [0.5, 0.6) is 0 Å². The molecule has 0 radical (unpaired) electrons. The zero-order valence-corrected chi connectivity index (χ0v) is 4.29. The summed E-state index contributed by atoms with van der Waals surface area (Å²) in [6.07, 6.45) is 0.630. The second-order valence-corrected chi connectivity index (χ2v) is 1.76. The molecule has 0 atom stereocenters. The van der Waals surface area contributed by atoms with Crippen LogP contribution in [-0.4, -0.2) is 18.2 Å². The predicted molar refractivity (Wildman–Crippen MR) is 24.1 cm³/mol. The topological polar surface area (TPSA) is 52.6 Å². The molecular formula is C5H2O4. The largest absolute Gasteiger partial charge is 0.417 e. The van der Waals surface area contributed by atoms with Crippen LogP contribution in [0.3, 0.4) is 0 Å². The molecule has 0 saturated heterocycles. The molecule has 2 bridgehead atoms. The lowest BCUT2D eigenvalue weighted by Crippen LogP contribution is -2.23. The van der Waals surface area contributed by atoms with Crippen molar-refractivity contribution in [2.75, 3.05) is 0 Å². The number of ether oxygens (including phenoxy) is 2. The van der Waals surface area contributed by atoms with Crippen molar-refractivity contribution in [2.24, 2.45) is 0 Å². The Labute approximate surface area is 50.0 Å². The summed E-state index contributed by atoms with van der Waals surface area (Å²) >= 11 is 0. The Balaban J connectivity index is 2.44. The number of hydrogen-bond donors (Lipinski definition) is 0. The van der Waals surface area contributed by atoms with E-state index in [2.05, 4.69) is 9.47 Å². The standard InChI is InChI=1S/C5H2O4/c6-4-2-1-3(8-4)9-5(2)7/h1,3H. The maximum absolute atomic E-state index is 10.5. The van der Waals surface area contributed by atoms with E-state index in [0.717, 1.165) is 0 Å². The van der Waals surface area contributed by atoms with Gasteiger partial charge in [-0.05, 0) is 0 Å². The molecule has 2 aliphatic rings. The van der Waals surface area contributed by atoms with Gasteiger partial charge in [-0.25, -0.2) is 9.59 Å². The molecule has 2 aliphatic heterocycles. The highest BCUT2D eigenvalue weighted by atomic mass is 16.7. The number of carbonyl (C=O) groups is 2. The van der Waals surface area contributed by atoms with E-state index < -0.39 is 18.2 Å². The van der Waals surface area contributed by atoms with Gasteiger partial charge in [-0.3, -0.25) is 0 Å². The van der Waals surface area contributed by atoms with Crippen LogP contribution in [0.2, 0.25) is 0 Å². The van der Waals surface area contributed by atoms with Gasteiger partial charge in [0.2, 0.25) is 0 Å². The minimum atomic E-state index is -0.736. The third-order valence-corrected chi connectivity index (χ3v) is 1.19. The van der Waals surface area contributed by atoms with Gasteiger partial charge >= 0.3 is 11.9 Å². The molecule has 0 N–H and O–H groups in total. The molecule has 0 aromatic carbocycles. The zero-order valence-electron chi connectivity index (χ0n) is 4.29. The Morgan fingerprint density at radius 2 is 1.78 bits per heavy atom. The van der Waals surface area contributed by atoms with E-state index in [4.69, 9.17) is 0 Å². The van der Waals surface area contributed by atoms with Gasteiger partial charge < -0.3 is 9.47 Å². The quantitative estimate of drug-likeness (QED) is 0.320. The molecular weight excluding hydrogens is 124 g/mol. The monoisotopic (exact) mass is 126 g/mol. The van der Waals surface area contributed by atoms with Crippen molar-refractivity contribution in [2.45, 2.75) is 6.29 Å². The van der Waals surface area contributed by atoms with Crippen LogP contribution < -0.4 is 0 Å². The fraction of sp³-hybridized carbons (Fsp3) is 0.200. The van der Waals surface area contributed by atoms with E-state index in [1.54, 1.807) is 0 Å². The number of carbonyl (C=O) groups excluding carboxylic acids is 2. The summed E-state index contributed by atoms with van der Waals surface area (Å²) < 4.78 is 8.91. The van der Waals surface area contributed by atoms with Crippen molar-refractivity contribution in [3.8, 4) is 0 Å². The van der Waals surface area contributed by atoms with Crippen molar-refractivity contribution >= 4 is 11.9 Å². The summed E-state index contributed by atoms with van der Waals surface area (Å²) in [5.41, 5.74) is 0.0278.